The van der Waals surface area contributed by atoms with E-state index in [9.17, 15) is 0 Å². The number of hydrogen-bond donors (Lipinski definition) is 0. The Morgan fingerprint density at radius 1 is 1.11 bits per heavy atom. The van der Waals surface area contributed by atoms with Gasteiger partial charge in [-0.15, -0.1) is 5.10 Å². The Morgan fingerprint density at radius 3 is 2.58 bits per heavy atom. The number of aromatic nitrogens is 3. The average molecular weight is 381 g/mol. The van der Waals surface area contributed by atoms with Gasteiger partial charge in [0, 0.05) is 4.47 Å². The molecule has 3 nitrogen and oxygen atoms in total. The Balaban J connectivity index is 2.07. The van der Waals surface area contributed by atoms with E-state index in [0.717, 1.165) is 15.9 Å². The fraction of sp³-hybridized carbons (Fsp3) is 0.143. The van der Waals surface area contributed by atoms with Crippen LogP contribution in [0.25, 0.3) is 16.5 Å². The van der Waals surface area contributed by atoms with Crippen LogP contribution in [-0.2, 0) is 0 Å². The first-order valence-corrected chi connectivity index (χ1v) is 7.60. The van der Waals surface area contributed by atoms with E-state index in [1.807, 2.05) is 25.3 Å². The van der Waals surface area contributed by atoms with Gasteiger partial charge in [-0.2, -0.15) is 0 Å². The molecule has 0 bridgehead atoms. The Morgan fingerprint density at radius 2 is 1.84 bits per heavy atom. The molecule has 0 aliphatic carbocycles. The van der Waals surface area contributed by atoms with Crippen LogP contribution in [0.4, 0.5) is 0 Å². The van der Waals surface area contributed by atoms with Gasteiger partial charge in [-0.05, 0) is 42.0 Å². The first-order valence-electron chi connectivity index (χ1n) is 5.89. The average Bonchev–Trinajstić information content (AvgIpc) is 2.88. The highest BCUT2D eigenvalue weighted by Gasteiger charge is 2.07. The van der Waals surface area contributed by atoms with Gasteiger partial charge in [0.25, 0.3) is 0 Å². The summed E-state index contributed by atoms with van der Waals surface area (Å²) >= 11 is 6.98. The minimum atomic E-state index is 0.206. The molecule has 0 amide bonds. The number of fused-ring (bicyclic) bond motifs is 1. The van der Waals surface area contributed by atoms with Crippen molar-refractivity contribution in [3.05, 3.63) is 52.8 Å². The summed E-state index contributed by atoms with van der Waals surface area (Å²) in [7, 11) is 0. The highest BCUT2D eigenvalue weighted by atomic mass is 79.9. The zero-order valence-corrected chi connectivity index (χ0v) is 13.4. The standard InChI is InChI=1S/C14H11Br2N3/c1-9(15)14-8-19(18-17-14)13-5-3-10-6-12(16)4-2-11(10)7-13/h2-9H,1H3. The maximum Gasteiger partial charge on any atom is 0.0965 e. The topological polar surface area (TPSA) is 30.7 Å². The van der Waals surface area contributed by atoms with Gasteiger partial charge in [-0.1, -0.05) is 49.2 Å². The molecule has 0 radical (unpaired) electrons. The first-order chi connectivity index (χ1) is 9.13. The Kier molecular flexibility index (Phi) is 3.41. The molecule has 19 heavy (non-hydrogen) atoms. The van der Waals surface area contributed by atoms with Crippen LogP contribution in [0.2, 0.25) is 0 Å². The van der Waals surface area contributed by atoms with Crippen LogP contribution in [0.1, 0.15) is 17.4 Å². The zero-order valence-electron chi connectivity index (χ0n) is 10.2. The Labute approximate surface area is 127 Å². The monoisotopic (exact) mass is 379 g/mol. The minimum absolute atomic E-state index is 0.206. The summed E-state index contributed by atoms with van der Waals surface area (Å²) in [6, 6.07) is 12.5. The summed E-state index contributed by atoms with van der Waals surface area (Å²) in [6.07, 6.45) is 1.94. The van der Waals surface area contributed by atoms with Crippen LogP contribution in [0.5, 0.6) is 0 Å². The lowest BCUT2D eigenvalue weighted by Crippen LogP contribution is -1.94. The molecule has 3 rings (SSSR count). The number of hydrogen-bond acceptors (Lipinski definition) is 2. The van der Waals surface area contributed by atoms with Crippen molar-refractivity contribution in [3.63, 3.8) is 0 Å². The highest BCUT2D eigenvalue weighted by molar-refractivity contribution is 9.10. The number of benzene rings is 2. The van der Waals surface area contributed by atoms with Crippen LogP contribution in [0.15, 0.2) is 47.1 Å². The molecule has 0 spiro atoms. The summed E-state index contributed by atoms with van der Waals surface area (Å²) in [6.45, 7) is 2.03. The van der Waals surface area contributed by atoms with E-state index in [2.05, 4.69) is 66.4 Å². The second kappa shape index (κ2) is 5.06. The second-order valence-corrected chi connectivity index (χ2v) is 6.67. The number of nitrogens with zero attached hydrogens (tertiary/aromatic N) is 3. The predicted molar refractivity (Wildman–Crippen MR) is 83.9 cm³/mol. The predicted octanol–water partition coefficient (Wildman–Crippen LogP) is 4.64. The van der Waals surface area contributed by atoms with E-state index in [1.54, 1.807) is 4.68 Å². The molecule has 0 saturated carbocycles. The molecule has 0 fully saturated rings. The molecule has 5 heteroatoms. The van der Waals surface area contributed by atoms with Crippen LogP contribution in [0.3, 0.4) is 0 Å². The fourth-order valence-electron chi connectivity index (χ4n) is 1.93. The largest absolute Gasteiger partial charge is 0.220 e. The van der Waals surface area contributed by atoms with Crippen LogP contribution >= 0.6 is 31.9 Å². The molecule has 0 aliphatic rings. The lowest BCUT2D eigenvalue weighted by molar-refractivity contribution is 0.798. The van der Waals surface area contributed by atoms with Crippen molar-refractivity contribution in [1.82, 2.24) is 15.0 Å². The van der Waals surface area contributed by atoms with Gasteiger partial charge in [0.15, 0.2) is 0 Å². The first kappa shape index (κ1) is 12.8. The van der Waals surface area contributed by atoms with Crippen molar-refractivity contribution in [2.45, 2.75) is 11.8 Å². The third-order valence-corrected chi connectivity index (χ3v) is 3.93. The number of alkyl halides is 1. The Bertz CT molecular complexity index is 734. The van der Waals surface area contributed by atoms with Gasteiger partial charge in [-0.25, -0.2) is 4.68 Å². The van der Waals surface area contributed by atoms with Crippen molar-refractivity contribution < 1.29 is 0 Å². The molecule has 0 saturated heterocycles. The quantitative estimate of drug-likeness (QED) is 0.606. The van der Waals surface area contributed by atoms with Crippen molar-refractivity contribution >= 4 is 42.6 Å². The second-order valence-electron chi connectivity index (χ2n) is 4.38. The van der Waals surface area contributed by atoms with Crippen LogP contribution in [-0.4, -0.2) is 15.0 Å². The zero-order chi connectivity index (χ0) is 13.4. The maximum atomic E-state index is 4.16. The van der Waals surface area contributed by atoms with E-state index in [-0.39, 0.29) is 4.83 Å². The molecule has 1 heterocycles. The summed E-state index contributed by atoms with van der Waals surface area (Å²) in [5.74, 6) is 0. The van der Waals surface area contributed by atoms with Gasteiger partial charge < -0.3 is 0 Å². The van der Waals surface area contributed by atoms with Gasteiger partial charge in [0.2, 0.25) is 0 Å². The fourth-order valence-corrected chi connectivity index (χ4v) is 2.52. The van der Waals surface area contributed by atoms with E-state index in [1.165, 1.54) is 10.8 Å². The maximum absolute atomic E-state index is 4.16. The van der Waals surface area contributed by atoms with Crippen LogP contribution < -0.4 is 0 Å². The molecule has 1 aromatic heterocycles. The summed E-state index contributed by atoms with van der Waals surface area (Å²) in [5.41, 5.74) is 1.94. The number of rotatable bonds is 2. The van der Waals surface area contributed by atoms with Crippen molar-refractivity contribution in [2.75, 3.05) is 0 Å². The smallest absolute Gasteiger partial charge is 0.0965 e. The lowest BCUT2D eigenvalue weighted by Gasteiger charge is -2.03. The van der Waals surface area contributed by atoms with Gasteiger partial charge in [0.05, 0.1) is 22.4 Å². The summed E-state index contributed by atoms with van der Waals surface area (Å²) in [4.78, 5) is 0.206. The molecule has 96 valence electrons. The van der Waals surface area contributed by atoms with E-state index >= 15 is 0 Å². The van der Waals surface area contributed by atoms with Gasteiger partial charge >= 0.3 is 0 Å². The van der Waals surface area contributed by atoms with Crippen LogP contribution in [0, 0.1) is 0 Å². The highest BCUT2D eigenvalue weighted by Crippen LogP contribution is 2.23. The SMILES string of the molecule is CC(Br)c1cn(-c2ccc3cc(Br)ccc3c2)nn1. The summed E-state index contributed by atoms with van der Waals surface area (Å²) in [5, 5.41) is 10.7. The van der Waals surface area contributed by atoms with Crippen molar-refractivity contribution in [1.29, 1.82) is 0 Å². The van der Waals surface area contributed by atoms with E-state index in [4.69, 9.17) is 0 Å². The lowest BCUT2D eigenvalue weighted by atomic mass is 10.1. The third kappa shape index (κ3) is 2.58. The molecular formula is C14H11Br2N3. The third-order valence-electron chi connectivity index (χ3n) is 2.97. The van der Waals surface area contributed by atoms with E-state index in [0.29, 0.717) is 0 Å². The van der Waals surface area contributed by atoms with Gasteiger partial charge in [0.1, 0.15) is 0 Å². The molecule has 1 unspecified atom stereocenters. The minimum Gasteiger partial charge on any atom is -0.220 e. The van der Waals surface area contributed by atoms with E-state index < -0.39 is 0 Å². The van der Waals surface area contributed by atoms with Crippen molar-refractivity contribution in [2.24, 2.45) is 0 Å². The summed E-state index contributed by atoms with van der Waals surface area (Å²) < 4.78 is 2.89. The molecular weight excluding hydrogens is 370 g/mol. The normalized spacial score (nSPS) is 12.8. The molecule has 0 aliphatic heterocycles. The van der Waals surface area contributed by atoms with Crippen molar-refractivity contribution in [3.8, 4) is 5.69 Å². The van der Waals surface area contributed by atoms with Gasteiger partial charge in [-0.3, -0.25) is 0 Å². The Hall–Kier alpha value is -1.20. The molecule has 1 atom stereocenters. The number of halogens is 2. The molecule has 2 aromatic carbocycles. The molecule has 0 N–H and O–H groups in total. The molecule has 3 aromatic rings.